The lowest BCUT2D eigenvalue weighted by Gasteiger charge is -2.04. The molecule has 0 fully saturated rings. The van der Waals surface area contributed by atoms with E-state index in [1.54, 1.807) is 97.1 Å². The van der Waals surface area contributed by atoms with E-state index in [2.05, 4.69) is 117 Å². The highest BCUT2D eigenvalue weighted by Gasteiger charge is 2.13. The molecule has 0 aliphatic rings. The Kier molecular flexibility index (Phi) is 32.9. The van der Waals surface area contributed by atoms with Crippen molar-refractivity contribution >= 4 is 23.9 Å². The maximum Gasteiger partial charge on any atom is 0.343 e. The van der Waals surface area contributed by atoms with Gasteiger partial charge in [-0.3, -0.25) is 0 Å². The monoisotopic (exact) mass is 1490 g/mol. The first-order valence-corrected chi connectivity index (χ1v) is 37.2. The van der Waals surface area contributed by atoms with E-state index >= 15 is 0 Å². The standard InChI is InChI=1S/C27H25FO2.C26H23FO2.C25H21FO2.C22H15FO2/c1-2-3-4-5-6-21-7-9-22(10-8-21)11-12-23-13-15-24(16-14-23)27(29)30-26-19-17-25(28)18-20-26;1-2-3-4-5-20-6-8-21(9-7-20)10-11-22-12-14-23(15-13-22)26(28)29-25-18-16-24(27)17-19-25;1-2-3-4-19-5-7-20(8-6-19)9-10-21-11-13-22(14-12-21)25(27)28-24-17-15-23(26)16-18-24;1-16-2-4-17(5-3-16)6-7-18-8-10-19(11-9-18)22(24)25-21-14-12-20(23)13-15-21/h7-10,13-20H,2-6H2,1H3;6-9,12-19H,2-5H2,1H3;5-8,11-18H,2-4H2,1H3;2-5,8-15H,1H3. The molecule has 0 bridgehead atoms. The third-order valence-electron chi connectivity index (χ3n) is 17.1. The molecule has 0 saturated carbocycles. The molecule has 0 heterocycles. The predicted molar refractivity (Wildman–Crippen MR) is 435 cm³/mol. The third-order valence-corrected chi connectivity index (χ3v) is 17.1. The van der Waals surface area contributed by atoms with E-state index < -0.39 is 23.9 Å². The molecule has 0 N–H and O–H groups in total. The van der Waals surface area contributed by atoms with Crippen LogP contribution in [0, 0.1) is 77.6 Å². The Balaban J connectivity index is 0.000000172. The number of ether oxygens (including phenoxy) is 4. The fourth-order valence-corrected chi connectivity index (χ4v) is 10.6. The fourth-order valence-electron chi connectivity index (χ4n) is 10.6. The number of carbonyl (C=O) groups is 4. The van der Waals surface area contributed by atoms with Gasteiger partial charge in [0.05, 0.1) is 22.3 Å². The van der Waals surface area contributed by atoms with Gasteiger partial charge in [-0.25, -0.2) is 36.7 Å². The van der Waals surface area contributed by atoms with Gasteiger partial charge in [-0.1, -0.05) is 161 Å². The quantitative estimate of drug-likeness (QED) is 0.0244. The van der Waals surface area contributed by atoms with Crippen LogP contribution in [0.2, 0.25) is 0 Å². The van der Waals surface area contributed by atoms with Gasteiger partial charge in [-0.05, 0) is 305 Å². The average Bonchev–Trinajstić information content (AvgIpc) is 0.871. The highest BCUT2D eigenvalue weighted by molar-refractivity contribution is 5.93. The SMILES string of the molecule is CCCCCCc1ccc(C#Cc2ccc(C(=O)Oc3ccc(F)cc3)cc2)cc1.CCCCCc1ccc(C#Cc2ccc(C(=O)Oc3ccc(F)cc3)cc2)cc1.CCCCc1ccc(C#Cc2ccc(C(=O)Oc3ccc(F)cc3)cc2)cc1.Cc1ccc(C#Cc2ccc(C(=O)Oc3ccc(F)cc3)cc2)cc1. The molecule has 0 spiro atoms. The summed E-state index contributed by atoms with van der Waals surface area (Å²) in [6, 6.07) is 81.9. The van der Waals surface area contributed by atoms with Gasteiger partial charge in [0, 0.05) is 44.5 Å². The summed E-state index contributed by atoms with van der Waals surface area (Å²) in [4.78, 5) is 48.6. The lowest BCUT2D eigenvalue weighted by atomic mass is 10.0. The van der Waals surface area contributed by atoms with Crippen LogP contribution >= 0.6 is 0 Å². The minimum Gasteiger partial charge on any atom is -0.423 e. The number of hydrogen-bond donors (Lipinski definition) is 0. The first-order valence-electron chi connectivity index (χ1n) is 37.2. The first-order chi connectivity index (χ1) is 54.5. The molecule has 112 heavy (non-hydrogen) atoms. The van der Waals surface area contributed by atoms with Crippen molar-refractivity contribution in [3.8, 4) is 70.4 Å². The number of aryl methyl sites for hydroxylation is 4. The summed E-state index contributed by atoms with van der Waals surface area (Å²) in [5.41, 5.74) is 13.9. The zero-order valence-electron chi connectivity index (χ0n) is 63.0. The van der Waals surface area contributed by atoms with Crippen molar-refractivity contribution in [1.82, 2.24) is 0 Å². The maximum absolute atomic E-state index is 12.9. The largest absolute Gasteiger partial charge is 0.423 e. The lowest BCUT2D eigenvalue weighted by molar-refractivity contribution is 0.0725. The summed E-state index contributed by atoms with van der Waals surface area (Å²) in [7, 11) is 0. The third kappa shape index (κ3) is 29.2. The molecule has 8 nitrogen and oxygen atoms in total. The molecule has 0 aromatic heterocycles. The van der Waals surface area contributed by atoms with Crippen molar-refractivity contribution < 1.29 is 55.7 Å². The van der Waals surface area contributed by atoms with Crippen LogP contribution in [0.3, 0.4) is 0 Å². The Morgan fingerprint density at radius 3 is 0.643 bits per heavy atom. The normalized spacial score (nSPS) is 10.1. The number of rotatable bonds is 20. The molecule has 12 aromatic rings. The second-order valence-electron chi connectivity index (χ2n) is 26.0. The minimum atomic E-state index is -0.496. The molecule has 12 rings (SSSR count). The van der Waals surface area contributed by atoms with Crippen LogP contribution in [0.15, 0.2) is 291 Å². The summed E-state index contributed by atoms with van der Waals surface area (Å²) < 4.78 is 72.5. The van der Waals surface area contributed by atoms with E-state index in [-0.39, 0.29) is 23.3 Å². The summed E-state index contributed by atoms with van der Waals surface area (Å²) in [5, 5.41) is 0. The topological polar surface area (TPSA) is 105 Å². The summed E-state index contributed by atoms with van der Waals surface area (Å²) in [6.45, 7) is 8.65. The van der Waals surface area contributed by atoms with Crippen LogP contribution < -0.4 is 18.9 Å². The number of carbonyl (C=O) groups excluding carboxylic acids is 4. The van der Waals surface area contributed by atoms with Crippen LogP contribution in [0.4, 0.5) is 17.6 Å². The lowest BCUT2D eigenvalue weighted by Crippen LogP contribution is -2.08. The molecule has 12 heteroatoms. The molecule has 0 radical (unpaired) electrons. The van der Waals surface area contributed by atoms with Gasteiger partial charge in [0.15, 0.2) is 0 Å². The van der Waals surface area contributed by atoms with Crippen LogP contribution in [-0.4, -0.2) is 23.9 Å². The Hall–Kier alpha value is -13.5. The molecule has 12 aromatic carbocycles. The first kappa shape index (κ1) is 82.5. The van der Waals surface area contributed by atoms with Crippen LogP contribution in [0.1, 0.15) is 187 Å². The number of unbranched alkanes of at least 4 members (excludes halogenated alkanes) is 6. The number of benzene rings is 12. The molecule has 0 saturated heterocycles. The van der Waals surface area contributed by atoms with Crippen molar-refractivity contribution in [3.63, 3.8) is 0 Å². The number of halogens is 4. The van der Waals surface area contributed by atoms with Gasteiger partial charge < -0.3 is 18.9 Å². The van der Waals surface area contributed by atoms with E-state index in [1.165, 1.54) is 177 Å². The summed E-state index contributed by atoms with van der Waals surface area (Å²) in [6.07, 6.45) is 14.5. The average molecular weight is 1490 g/mol. The van der Waals surface area contributed by atoms with Gasteiger partial charge in [0.1, 0.15) is 46.3 Å². The minimum absolute atomic E-state index is 0.301. The van der Waals surface area contributed by atoms with Crippen LogP contribution in [0.25, 0.3) is 0 Å². The fraction of sp³-hybridized carbons (Fsp3) is 0.160. The molecular formula is C100H84F4O8. The Morgan fingerprint density at radius 1 is 0.232 bits per heavy atom. The molecule has 560 valence electrons. The number of esters is 4. The van der Waals surface area contributed by atoms with Crippen LogP contribution in [-0.2, 0) is 19.3 Å². The van der Waals surface area contributed by atoms with Gasteiger partial charge in [0.2, 0.25) is 0 Å². The Morgan fingerprint density at radius 2 is 0.420 bits per heavy atom. The molecule has 0 aliphatic carbocycles. The zero-order chi connectivity index (χ0) is 79.1. The van der Waals surface area contributed by atoms with Crippen LogP contribution in [0.5, 0.6) is 23.0 Å². The molecule has 0 amide bonds. The van der Waals surface area contributed by atoms with Gasteiger partial charge in [-0.15, -0.1) is 0 Å². The van der Waals surface area contributed by atoms with Gasteiger partial charge >= 0.3 is 23.9 Å². The molecule has 0 atom stereocenters. The van der Waals surface area contributed by atoms with Crippen molar-refractivity contribution in [1.29, 1.82) is 0 Å². The van der Waals surface area contributed by atoms with Crippen molar-refractivity contribution in [2.45, 2.75) is 105 Å². The van der Waals surface area contributed by atoms with E-state index in [9.17, 15) is 36.7 Å². The van der Waals surface area contributed by atoms with Gasteiger partial charge in [0.25, 0.3) is 0 Å². The molecule has 0 unspecified atom stereocenters. The van der Waals surface area contributed by atoms with E-state index in [1.807, 2.05) is 55.5 Å². The molecule has 0 aliphatic heterocycles. The van der Waals surface area contributed by atoms with E-state index in [0.29, 0.717) is 45.3 Å². The summed E-state index contributed by atoms with van der Waals surface area (Å²) in [5.74, 6) is 22.6. The van der Waals surface area contributed by atoms with Gasteiger partial charge in [-0.2, -0.15) is 0 Å². The summed E-state index contributed by atoms with van der Waals surface area (Å²) >= 11 is 0. The maximum atomic E-state index is 12.9. The highest BCUT2D eigenvalue weighted by atomic mass is 19.1. The molecular weight excluding hydrogens is 1410 g/mol. The Labute approximate surface area is 654 Å². The van der Waals surface area contributed by atoms with Crippen molar-refractivity contribution in [2.75, 3.05) is 0 Å². The highest BCUT2D eigenvalue weighted by Crippen LogP contribution is 2.21. The predicted octanol–water partition coefficient (Wildman–Crippen LogP) is 23.3. The second-order valence-corrected chi connectivity index (χ2v) is 26.0. The van der Waals surface area contributed by atoms with E-state index in [4.69, 9.17) is 18.9 Å². The van der Waals surface area contributed by atoms with E-state index in [0.717, 1.165) is 63.8 Å². The second kappa shape index (κ2) is 44.7. The van der Waals surface area contributed by atoms with Crippen molar-refractivity contribution in [2.24, 2.45) is 0 Å². The number of hydrogen-bond acceptors (Lipinski definition) is 8. The zero-order valence-corrected chi connectivity index (χ0v) is 63.0. The smallest absolute Gasteiger partial charge is 0.343 e. The Bertz CT molecular complexity index is 5250. The van der Waals surface area contributed by atoms with Crippen molar-refractivity contribution in [3.05, 3.63) is 403 Å².